The summed E-state index contributed by atoms with van der Waals surface area (Å²) in [5, 5.41) is 8.96. The van der Waals surface area contributed by atoms with Gasteiger partial charge in [-0.2, -0.15) is 0 Å². The van der Waals surface area contributed by atoms with Crippen molar-refractivity contribution in [2.45, 2.75) is 38.8 Å². The highest BCUT2D eigenvalue weighted by molar-refractivity contribution is 4.81. The maximum Gasteiger partial charge on any atom is 0.0688 e. The van der Waals surface area contributed by atoms with Crippen molar-refractivity contribution in [1.82, 2.24) is 0 Å². The minimum Gasteiger partial charge on any atom is -0.392 e. The number of nitrogens with two attached hydrogens (primary N) is 1. The molecule has 2 heteroatoms. The zero-order chi connectivity index (χ0) is 6.78. The summed E-state index contributed by atoms with van der Waals surface area (Å²) < 4.78 is 0. The summed E-state index contributed by atoms with van der Waals surface area (Å²) in [4.78, 5) is 0. The first-order valence-corrected chi connectivity index (χ1v) is 2.97. The van der Waals surface area contributed by atoms with Crippen LogP contribution in [0.3, 0.4) is 0 Å². The second kappa shape index (κ2) is 2.46. The molecule has 2 nitrogen and oxygen atoms in total. The van der Waals surface area contributed by atoms with Crippen molar-refractivity contribution in [1.29, 1.82) is 0 Å². The van der Waals surface area contributed by atoms with Gasteiger partial charge in [-0.15, -0.1) is 0 Å². The third-order valence-electron chi connectivity index (χ3n) is 1.72. The summed E-state index contributed by atoms with van der Waals surface area (Å²) in [6.07, 6.45) is 0.400. The van der Waals surface area contributed by atoms with Gasteiger partial charge in [-0.3, -0.25) is 0 Å². The van der Waals surface area contributed by atoms with Gasteiger partial charge in [0.15, 0.2) is 0 Å². The van der Waals surface area contributed by atoms with Gasteiger partial charge in [0.25, 0.3) is 0 Å². The molecular formula is C6H15NO. The van der Waals surface area contributed by atoms with Gasteiger partial charge >= 0.3 is 0 Å². The first-order valence-electron chi connectivity index (χ1n) is 2.97. The quantitative estimate of drug-likeness (QED) is 0.553. The van der Waals surface area contributed by atoms with Gasteiger partial charge in [-0.25, -0.2) is 0 Å². The van der Waals surface area contributed by atoms with E-state index in [2.05, 4.69) is 0 Å². The molecule has 0 fully saturated rings. The van der Waals surface area contributed by atoms with E-state index in [-0.39, 0.29) is 0 Å². The minimum absolute atomic E-state index is 0.403. The van der Waals surface area contributed by atoms with E-state index in [0.29, 0.717) is 0 Å². The van der Waals surface area contributed by atoms with Crippen LogP contribution in [0.2, 0.25) is 0 Å². The third kappa shape index (κ3) is 1.80. The summed E-state index contributed by atoms with van der Waals surface area (Å²) >= 11 is 0. The Balaban J connectivity index is 3.71. The number of hydrogen-bond donors (Lipinski definition) is 2. The van der Waals surface area contributed by atoms with Gasteiger partial charge in [-0.05, 0) is 20.3 Å². The Morgan fingerprint density at radius 1 is 1.75 bits per heavy atom. The van der Waals surface area contributed by atoms with Crippen molar-refractivity contribution in [3.63, 3.8) is 0 Å². The second-order valence-corrected chi connectivity index (χ2v) is 2.54. The fraction of sp³-hybridized carbons (Fsp3) is 1.00. The Bertz CT molecular complexity index is 68.9. The minimum atomic E-state index is -0.410. The summed E-state index contributed by atoms with van der Waals surface area (Å²) in [6.45, 7) is 5.52. The molecule has 0 rings (SSSR count). The summed E-state index contributed by atoms with van der Waals surface area (Å²) in [7, 11) is 0. The lowest BCUT2D eigenvalue weighted by Crippen LogP contribution is -2.45. The van der Waals surface area contributed by atoms with Gasteiger partial charge < -0.3 is 10.8 Å². The van der Waals surface area contributed by atoms with E-state index in [9.17, 15) is 0 Å². The summed E-state index contributed by atoms with van der Waals surface area (Å²) in [6, 6.07) is 0. The van der Waals surface area contributed by atoms with Crippen LogP contribution in [0.25, 0.3) is 0 Å². The molecule has 0 aliphatic heterocycles. The van der Waals surface area contributed by atoms with Crippen LogP contribution >= 0.6 is 0 Å². The molecular weight excluding hydrogens is 102 g/mol. The first-order chi connectivity index (χ1) is 3.50. The zero-order valence-corrected chi connectivity index (χ0v) is 5.81. The molecule has 1 unspecified atom stereocenters. The van der Waals surface area contributed by atoms with E-state index in [4.69, 9.17) is 10.8 Å². The third-order valence-corrected chi connectivity index (χ3v) is 1.72. The average molecular weight is 117 g/mol. The van der Waals surface area contributed by atoms with Crippen molar-refractivity contribution in [3.8, 4) is 0 Å². The van der Waals surface area contributed by atoms with Crippen molar-refractivity contribution in [2.75, 3.05) is 0 Å². The molecule has 3 N–H and O–H groups in total. The largest absolute Gasteiger partial charge is 0.392 e. The summed E-state index contributed by atoms with van der Waals surface area (Å²) in [5.74, 6) is 0. The number of rotatable bonds is 2. The predicted molar refractivity (Wildman–Crippen MR) is 34.6 cm³/mol. The van der Waals surface area contributed by atoms with E-state index in [1.165, 1.54) is 0 Å². The van der Waals surface area contributed by atoms with Crippen molar-refractivity contribution in [2.24, 2.45) is 5.73 Å². The molecule has 50 valence electrons. The topological polar surface area (TPSA) is 46.2 Å². The predicted octanol–water partition coefficient (Wildman–Crippen LogP) is 0.495. The van der Waals surface area contributed by atoms with Gasteiger partial charge in [0.05, 0.1) is 6.10 Å². The first kappa shape index (κ1) is 7.92. The van der Waals surface area contributed by atoms with Crippen LogP contribution in [0.4, 0.5) is 0 Å². The van der Waals surface area contributed by atoms with Crippen molar-refractivity contribution < 1.29 is 5.11 Å². The normalized spacial score (nSPS) is 22.1. The lowest BCUT2D eigenvalue weighted by molar-refractivity contribution is 0.109. The molecule has 0 saturated heterocycles. The molecule has 0 bridgehead atoms. The molecule has 0 aliphatic carbocycles. The Hall–Kier alpha value is -0.0800. The highest BCUT2D eigenvalue weighted by Crippen LogP contribution is 2.08. The smallest absolute Gasteiger partial charge is 0.0688 e. The average Bonchev–Trinajstić information content (AvgIpc) is 1.67. The van der Waals surface area contributed by atoms with Crippen molar-refractivity contribution >= 4 is 0 Å². The van der Waals surface area contributed by atoms with E-state index < -0.39 is 11.6 Å². The van der Waals surface area contributed by atoms with Crippen LogP contribution in [0.15, 0.2) is 0 Å². The fourth-order valence-electron chi connectivity index (χ4n) is 0.295. The lowest BCUT2D eigenvalue weighted by atomic mass is 9.95. The van der Waals surface area contributed by atoms with Crippen LogP contribution in [-0.4, -0.2) is 16.7 Å². The molecule has 0 heterocycles. The van der Waals surface area contributed by atoms with E-state index in [0.717, 1.165) is 6.42 Å². The molecule has 2 atom stereocenters. The molecule has 0 aromatic rings. The Morgan fingerprint density at radius 2 is 2.12 bits per heavy atom. The second-order valence-electron chi connectivity index (χ2n) is 2.54. The molecule has 0 aliphatic rings. The molecule has 0 aromatic heterocycles. The van der Waals surface area contributed by atoms with E-state index in [1.54, 1.807) is 6.92 Å². The molecule has 0 aromatic carbocycles. The fourth-order valence-corrected chi connectivity index (χ4v) is 0.295. The van der Waals surface area contributed by atoms with Crippen LogP contribution in [0.5, 0.6) is 0 Å². The van der Waals surface area contributed by atoms with Gasteiger partial charge in [0, 0.05) is 5.54 Å². The monoisotopic (exact) mass is 117 g/mol. The SMILES string of the molecule is CCC(C)(N)[C@@H](C)O. The number of aliphatic hydroxyl groups is 1. The van der Waals surface area contributed by atoms with Crippen LogP contribution < -0.4 is 5.73 Å². The molecule has 0 saturated carbocycles. The molecule has 0 spiro atoms. The maximum atomic E-state index is 8.96. The number of aliphatic hydroxyl groups excluding tert-OH is 1. The number of hydrogen-bond acceptors (Lipinski definition) is 2. The molecule has 0 amide bonds. The van der Waals surface area contributed by atoms with Crippen LogP contribution in [0, 0.1) is 0 Å². The molecule has 8 heavy (non-hydrogen) atoms. The highest BCUT2D eigenvalue weighted by Gasteiger charge is 2.21. The highest BCUT2D eigenvalue weighted by atomic mass is 16.3. The Morgan fingerprint density at radius 3 is 2.12 bits per heavy atom. The van der Waals surface area contributed by atoms with E-state index >= 15 is 0 Å². The van der Waals surface area contributed by atoms with E-state index in [1.807, 2.05) is 13.8 Å². The maximum absolute atomic E-state index is 8.96. The molecule has 0 radical (unpaired) electrons. The Kier molecular flexibility index (Phi) is 2.44. The zero-order valence-electron chi connectivity index (χ0n) is 5.81. The van der Waals surface area contributed by atoms with Gasteiger partial charge in [-0.1, -0.05) is 6.92 Å². The van der Waals surface area contributed by atoms with Crippen molar-refractivity contribution in [3.05, 3.63) is 0 Å². The lowest BCUT2D eigenvalue weighted by Gasteiger charge is -2.25. The van der Waals surface area contributed by atoms with Gasteiger partial charge in [0.1, 0.15) is 0 Å². The summed E-state index contributed by atoms with van der Waals surface area (Å²) in [5.41, 5.74) is 5.21. The van der Waals surface area contributed by atoms with Crippen LogP contribution in [-0.2, 0) is 0 Å². The standard InChI is InChI=1S/C6H15NO/c1-4-6(3,7)5(2)8/h5,8H,4,7H2,1-3H3/t5-,6?/m1/s1. The van der Waals surface area contributed by atoms with Crippen LogP contribution in [0.1, 0.15) is 27.2 Å². The van der Waals surface area contributed by atoms with Gasteiger partial charge in [0.2, 0.25) is 0 Å². The Labute approximate surface area is 50.7 Å².